The summed E-state index contributed by atoms with van der Waals surface area (Å²) in [5.74, 6) is 1.52. The normalized spacial score (nSPS) is 19.7. The first-order valence-electron chi connectivity index (χ1n) is 5.84. The molecule has 1 aliphatic rings. The minimum atomic E-state index is 0.240. The fourth-order valence-electron chi connectivity index (χ4n) is 1.73. The van der Waals surface area contributed by atoms with E-state index in [9.17, 15) is 0 Å². The van der Waals surface area contributed by atoms with Gasteiger partial charge in [0, 0.05) is 19.2 Å². The molecule has 0 aromatic carbocycles. The van der Waals surface area contributed by atoms with Crippen LogP contribution >= 0.6 is 0 Å². The van der Waals surface area contributed by atoms with Crippen LogP contribution < -0.4 is 10.1 Å². The number of nitrogens with one attached hydrogen (secondary N) is 1. The maximum Gasteiger partial charge on any atom is 0.215 e. The molecule has 1 aliphatic heterocycles. The van der Waals surface area contributed by atoms with E-state index in [4.69, 9.17) is 9.47 Å². The van der Waals surface area contributed by atoms with Crippen molar-refractivity contribution in [1.29, 1.82) is 0 Å². The van der Waals surface area contributed by atoms with Crippen LogP contribution in [0.5, 0.6) is 5.88 Å². The monoisotopic (exact) mass is 222 g/mol. The minimum absolute atomic E-state index is 0.240. The number of nitrogens with zero attached hydrogens (tertiary/aromatic N) is 1. The highest BCUT2D eigenvalue weighted by Crippen LogP contribution is 2.15. The van der Waals surface area contributed by atoms with Gasteiger partial charge in [-0.1, -0.05) is 6.07 Å². The molecule has 2 heterocycles. The molecule has 0 aliphatic carbocycles. The maximum atomic E-state index is 5.60. The number of anilines is 1. The Kier molecular flexibility index (Phi) is 3.99. The number of ether oxygens (including phenoxy) is 2. The van der Waals surface area contributed by atoms with E-state index in [1.54, 1.807) is 0 Å². The highest BCUT2D eigenvalue weighted by molar-refractivity contribution is 5.36. The quantitative estimate of drug-likeness (QED) is 0.828. The van der Waals surface area contributed by atoms with Crippen molar-refractivity contribution < 1.29 is 9.47 Å². The van der Waals surface area contributed by atoms with E-state index in [0.717, 1.165) is 31.8 Å². The molecule has 0 spiro atoms. The number of hydrogen-bond acceptors (Lipinski definition) is 4. The van der Waals surface area contributed by atoms with E-state index in [1.807, 2.05) is 25.1 Å². The largest absolute Gasteiger partial charge is 0.475 e. The van der Waals surface area contributed by atoms with E-state index >= 15 is 0 Å². The van der Waals surface area contributed by atoms with Crippen molar-refractivity contribution in [2.45, 2.75) is 25.9 Å². The van der Waals surface area contributed by atoms with Gasteiger partial charge in [0.2, 0.25) is 5.88 Å². The second-order valence-electron chi connectivity index (χ2n) is 3.84. The van der Waals surface area contributed by atoms with Crippen LogP contribution in [0, 0.1) is 0 Å². The molecular weight excluding hydrogens is 204 g/mol. The second-order valence-corrected chi connectivity index (χ2v) is 3.84. The highest BCUT2D eigenvalue weighted by Gasteiger charge is 2.16. The number of pyridine rings is 1. The zero-order chi connectivity index (χ0) is 11.2. The molecule has 4 heteroatoms. The molecule has 2 rings (SSSR count). The van der Waals surface area contributed by atoms with Crippen molar-refractivity contribution in [3.63, 3.8) is 0 Å². The fraction of sp³-hybridized carbons (Fsp3) is 0.583. The zero-order valence-electron chi connectivity index (χ0n) is 9.61. The lowest BCUT2D eigenvalue weighted by molar-refractivity contribution is 0.0664. The first kappa shape index (κ1) is 11.2. The van der Waals surface area contributed by atoms with Crippen molar-refractivity contribution in [1.82, 2.24) is 4.98 Å². The lowest BCUT2D eigenvalue weighted by atomic mass is 10.2. The van der Waals surface area contributed by atoms with E-state index in [1.165, 1.54) is 0 Å². The van der Waals surface area contributed by atoms with E-state index < -0.39 is 0 Å². The Morgan fingerprint density at radius 1 is 1.56 bits per heavy atom. The molecule has 1 unspecified atom stereocenters. The van der Waals surface area contributed by atoms with Gasteiger partial charge in [0.25, 0.3) is 0 Å². The number of aromatic nitrogens is 1. The highest BCUT2D eigenvalue weighted by atomic mass is 16.5. The van der Waals surface area contributed by atoms with Gasteiger partial charge in [-0.2, -0.15) is 4.98 Å². The van der Waals surface area contributed by atoms with Crippen molar-refractivity contribution >= 4 is 5.82 Å². The molecule has 0 radical (unpaired) electrons. The van der Waals surface area contributed by atoms with Crippen LogP contribution in [0.15, 0.2) is 18.2 Å². The molecule has 0 amide bonds. The van der Waals surface area contributed by atoms with Gasteiger partial charge in [0.15, 0.2) is 0 Å². The van der Waals surface area contributed by atoms with Crippen LogP contribution in [-0.2, 0) is 4.74 Å². The SMILES string of the molecule is CCNc1cccc(OCC2CCCO2)n1. The molecule has 0 saturated carbocycles. The van der Waals surface area contributed by atoms with Crippen LogP contribution in [0.3, 0.4) is 0 Å². The van der Waals surface area contributed by atoms with E-state index in [2.05, 4.69) is 10.3 Å². The average Bonchev–Trinajstić information content (AvgIpc) is 2.80. The van der Waals surface area contributed by atoms with Gasteiger partial charge in [-0.05, 0) is 25.8 Å². The first-order valence-corrected chi connectivity index (χ1v) is 5.84. The molecule has 88 valence electrons. The third-order valence-corrected chi connectivity index (χ3v) is 2.52. The minimum Gasteiger partial charge on any atom is -0.475 e. The summed E-state index contributed by atoms with van der Waals surface area (Å²) < 4.78 is 11.1. The van der Waals surface area contributed by atoms with Crippen molar-refractivity contribution in [2.24, 2.45) is 0 Å². The average molecular weight is 222 g/mol. The molecule has 1 atom stereocenters. The van der Waals surface area contributed by atoms with Crippen LogP contribution in [0.1, 0.15) is 19.8 Å². The topological polar surface area (TPSA) is 43.4 Å². The first-order chi connectivity index (χ1) is 7.88. The maximum absolute atomic E-state index is 5.60. The molecule has 1 N–H and O–H groups in total. The molecule has 1 fully saturated rings. The van der Waals surface area contributed by atoms with Gasteiger partial charge >= 0.3 is 0 Å². The predicted molar refractivity (Wildman–Crippen MR) is 62.9 cm³/mol. The summed E-state index contributed by atoms with van der Waals surface area (Å²) in [4.78, 5) is 4.33. The molecular formula is C12H18N2O2. The van der Waals surface area contributed by atoms with E-state index in [0.29, 0.717) is 12.5 Å². The van der Waals surface area contributed by atoms with Crippen LogP contribution in [0.2, 0.25) is 0 Å². The Bertz CT molecular complexity index is 325. The van der Waals surface area contributed by atoms with Gasteiger partial charge in [-0.15, -0.1) is 0 Å². The number of rotatable bonds is 5. The lowest BCUT2D eigenvalue weighted by Crippen LogP contribution is -2.16. The Morgan fingerprint density at radius 3 is 3.25 bits per heavy atom. The van der Waals surface area contributed by atoms with Crippen molar-refractivity contribution in [3.05, 3.63) is 18.2 Å². The molecule has 1 aromatic rings. The van der Waals surface area contributed by atoms with Crippen molar-refractivity contribution in [3.8, 4) is 5.88 Å². The number of hydrogen-bond donors (Lipinski definition) is 1. The zero-order valence-corrected chi connectivity index (χ0v) is 9.61. The standard InChI is InChI=1S/C12H18N2O2/c1-2-13-11-6-3-7-12(14-11)16-9-10-5-4-8-15-10/h3,6-7,10H,2,4-5,8-9H2,1H3,(H,13,14). The van der Waals surface area contributed by atoms with Gasteiger partial charge in [0.05, 0.1) is 6.10 Å². The predicted octanol–water partition coefficient (Wildman–Crippen LogP) is 2.07. The Labute approximate surface area is 96.0 Å². The third kappa shape index (κ3) is 3.10. The Hall–Kier alpha value is -1.29. The smallest absolute Gasteiger partial charge is 0.215 e. The fourth-order valence-corrected chi connectivity index (χ4v) is 1.73. The van der Waals surface area contributed by atoms with Crippen LogP contribution in [0.25, 0.3) is 0 Å². The summed E-state index contributed by atoms with van der Waals surface area (Å²) in [6, 6.07) is 5.74. The summed E-state index contributed by atoms with van der Waals surface area (Å²) in [6.45, 7) is 4.37. The summed E-state index contributed by atoms with van der Waals surface area (Å²) in [5, 5.41) is 3.15. The van der Waals surface area contributed by atoms with Crippen LogP contribution in [-0.4, -0.2) is 30.8 Å². The second kappa shape index (κ2) is 5.70. The van der Waals surface area contributed by atoms with Gasteiger partial charge in [0.1, 0.15) is 12.4 Å². The van der Waals surface area contributed by atoms with Gasteiger partial charge < -0.3 is 14.8 Å². The summed E-state index contributed by atoms with van der Waals surface area (Å²) in [6.07, 6.45) is 2.47. The third-order valence-electron chi connectivity index (χ3n) is 2.52. The summed E-state index contributed by atoms with van der Waals surface area (Å²) in [7, 11) is 0. The Balaban J connectivity index is 1.85. The Morgan fingerprint density at radius 2 is 2.50 bits per heavy atom. The molecule has 1 aromatic heterocycles. The molecule has 16 heavy (non-hydrogen) atoms. The molecule has 0 bridgehead atoms. The summed E-state index contributed by atoms with van der Waals surface area (Å²) in [5.41, 5.74) is 0. The van der Waals surface area contributed by atoms with Gasteiger partial charge in [-0.3, -0.25) is 0 Å². The molecule has 1 saturated heterocycles. The van der Waals surface area contributed by atoms with E-state index in [-0.39, 0.29) is 6.10 Å². The lowest BCUT2D eigenvalue weighted by Gasteiger charge is -2.11. The van der Waals surface area contributed by atoms with Crippen LogP contribution in [0.4, 0.5) is 5.82 Å². The van der Waals surface area contributed by atoms with Crippen molar-refractivity contribution in [2.75, 3.05) is 25.1 Å². The molecule has 4 nitrogen and oxygen atoms in total. The summed E-state index contributed by atoms with van der Waals surface area (Å²) >= 11 is 0. The van der Waals surface area contributed by atoms with Gasteiger partial charge in [-0.25, -0.2) is 0 Å².